The average Bonchev–Trinajstić information content (AvgIpc) is 3.12. The number of aliphatic hydroxyl groups is 1. The molecule has 14 nitrogen and oxygen atoms in total. The minimum absolute atomic E-state index is 0.113. The van der Waals surface area contributed by atoms with Crippen LogP contribution in [0.3, 0.4) is 0 Å². The van der Waals surface area contributed by atoms with Gasteiger partial charge in [0.05, 0.1) is 14.2 Å². The Morgan fingerprint density at radius 2 is 1.07 bits per heavy atom. The Morgan fingerprint density at radius 3 is 1.44 bits per heavy atom. The molecule has 0 saturated carbocycles. The second-order valence-electron chi connectivity index (χ2n) is 14.3. The number of hydrogen-bond acceptors (Lipinski definition) is 14. The number of rotatable bonds is 19. The van der Waals surface area contributed by atoms with Crippen LogP contribution in [0.15, 0.2) is 60.4 Å². The fourth-order valence-corrected chi connectivity index (χ4v) is 5.52. The van der Waals surface area contributed by atoms with Gasteiger partial charge in [-0.2, -0.15) is 23.5 Å². The number of carbonyl (C=O) groups excluding carboxylic acids is 5. The number of ketones is 1. The lowest BCUT2D eigenvalue weighted by Crippen LogP contribution is -2.45. The highest BCUT2D eigenvalue weighted by Gasteiger charge is 2.28. The van der Waals surface area contributed by atoms with Gasteiger partial charge in [-0.05, 0) is 126 Å². The first kappa shape index (κ1) is 48.1. The molecule has 16 heteroatoms. The van der Waals surface area contributed by atoms with Gasteiger partial charge in [0.1, 0.15) is 29.0 Å². The molecule has 57 heavy (non-hydrogen) atoms. The first-order valence-corrected chi connectivity index (χ1v) is 20.6. The van der Waals surface area contributed by atoms with E-state index in [1.165, 1.54) is 74.2 Å². The number of ether oxygens (including phenoxy) is 6. The van der Waals surface area contributed by atoms with Crippen LogP contribution >= 0.6 is 23.5 Å². The summed E-state index contributed by atoms with van der Waals surface area (Å²) in [7, 11) is 2.80. The molecular weight excluding hydrogens is 777 g/mol. The molecule has 2 rings (SSSR count). The number of alkyl carbamates (subject to hydrolysis) is 2. The molecular formula is C41H54N2O12S2. The number of allylic oxidation sites excluding steroid dienone is 3. The van der Waals surface area contributed by atoms with Gasteiger partial charge in [0, 0.05) is 6.08 Å². The van der Waals surface area contributed by atoms with Crippen molar-refractivity contribution in [2.75, 3.05) is 38.2 Å². The molecule has 0 aromatic heterocycles. The number of benzene rings is 2. The van der Waals surface area contributed by atoms with Crippen molar-refractivity contribution in [1.29, 1.82) is 0 Å². The summed E-state index contributed by atoms with van der Waals surface area (Å²) < 4.78 is 32.6. The van der Waals surface area contributed by atoms with Gasteiger partial charge in [0.25, 0.3) is 0 Å². The van der Waals surface area contributed by atoms with E-state index in [1.807, 2.05) is 12.5 Å². The number of thioether (sulfide) groups is 2. The van der Waals surface area contributed by atoms with E-state index >= 15 is 0 Å². The summed E-state index contributed by atoms with van der Waals surface area (Å²) in [6.07, 6.45) is 9.51. The second-order valence-corrected chi connectivity index (χ2v) is 16.2. The van der Waals surface area contributed by atoms with E-state index < -0.39 is 53.2 Å². The van der Waals surface area contributed by atoms with E-state index in [2.05, 4.69) is 10.6 Å². The quantitative estimate of drug-likeness (QED) is 0.0415. The minimum Gasteiger partial charge on any atom is -0.508 e. The third-order valence-corrected chi connectivity index (χ3v) is 8.43. The standard InChI is InChI=1S/C41H54N2O12S2/c1-40(2,3)54-38(48)42-30(19-21-56-9)36(46)52-32-17-13-26(23-34(32)50-7)11-15-28(44)25-29(45)16-12-27-14-18-33(35(24-27)51-8)53-37(47)31(20-22-57-10)43-39(49)55-41(4,5)6/h11-18,23-25,30-31,44H,19-22H2,1-10H3,(H,42,48)(H,43,49)/b15-11+,16-12+,28-25?/t30-,31-/m1/s1. The Balaban J connectivity index is 2.11. The Hall–Kier alpha value is -5.09. The van der Waals surface area contributed by atoms with Crippen LogP contribution in [0.2, 0.25) is 0 Å². The van der Waals surface area contributed by atoms with Crippen LogP contribution in [0.25, 0.3) is 12.2 Å². The highest BCUT2D eigenvalue weighted by atomic mass is 32.2. The molecule has 3 N–H and O–H groups in total. The predicted molar refractivity (Wildman–Crippen MR) is 223 cm³/mol. The molecule has 0 heterocycles. The molecule has 312 valence electrons. The van der Waals surface area contributed by atoms with Gasteiger partial charge in [-0.15, -0.1) is 0 Å². The third kappa shape index (κ3) is 18.6. The molecule has 2 amide bonds. The lowest BCUT2D eigenvalue weighted by molar-refractivity contribution is -0.137. The fourth-order valence-electron chi connectivity index (χ4n) is 4.57. The summed E-state index contributed by atoms with van der Waals surface area (Å²) in [6.45, 7) is 10.3. The molecule has 0 saturated heterocycles. The maximum atomic E-state index is 13.0. The van der Waals surface area contributed by atoms with Gasteiger partial charge in [-0.3, -0.25) is 4.79 Å². The summed E-state index contributed by atoms with van der Waals surface area (Å²) >= 11 is 3.02. The SMILES string of the molecule is COc1cc(/C=C/C(=O)C=C(O)/C=C/c2ccc(OC(=O)[C@@H](CCSC)NC(=O)OC(C)(C)C)c(OC)c2)ccc1OC(=O)[C@@H](CCSC)NC(=O)OC(C)(C)C. The Labute approximate surface area is 343 Å². The third-order valence-electron chi connectivity index (χ3n) is 7.15. The smallest absolute Gasteiger partial charge is 0.408 e. The minimum atomic E-state index is -0.960. The number of esters is 2. The molecule has 0 spiro atoms. The molecule has 0 fully saturated rings. The summed E-state index contributed by atoms with van der Waals surface area (Å²) in [5.41, 5.74) is -0.390. The Bertz CT molecular complexity index is 1790. The number of aliphatic hydroxyl groups excluding tert-OH is 1. The van der Waals surface area contributed by atoms with E-state index in [1.54, 1.807) is 65.8 Å². The number of methoxy groups -OCH3 is 2. The normalized spacial score (nSPS) is 13.1. The second kappa shape index (κ2) is 23.2. The van der Waals surface area contributed by atoms with Crippen molar-refractivity contribution in [3.05, 3.63) is 71.5 Å². The molecule has 0 radical (unpaired) electrons. The average molecular weight is 831 g/mol. The zero-order valence-electron chi connectivity index (χ0n) is 34.1. The van der Waals surface area contributed by atoms with Crippen LogP contribution in [0, 0.1) is 0 Å². The fraction of sp³-hybridized carbons (Fsp3) is 0.439. The first-order chi connectivity index (χ1) is 26.8. The molecule has 2 aromatic carbocycles. The monoisotopic (exact) mass is 830 g/mol. The topological polar surface area (TPSA) is 185 Å². The van der Waals surface area contributed by atoms with Crippen LogP contribution in [-0.2, 0) is 23.9 Å². The molecule has 0 aliphatic rings. The van der Waals surface area contributed by atoms with E-state index in [0.717, 1.165) is 6.08 Å². The van der Waals surface area contributed by atoms with Gasteiger partial charge in [-0.25, -0.2) is 19.2 Å². The summed E-state index contributed by atoms with van der Waals surface area (Å²) in [5.74, 6) is -0.405. The summed E-state index contributed by atoms with van der Waals surface area (Å²) in [6, 6.07) is 7.44. The van der Waals surface area contributed by atoms with Crippen molar-refractivity contribution < 1.29 is 57.5 Å². The molecule has 0 bridgehead atoms. The van der Waals surface area contributed by atoms with Crippen LogP contribution in [-0.4, -0.2) is 96.5 Å². The van der Waals surface area contributed by atoms with Crippen molar-refractivity contribution in [2.45, 2.75) is 77.7 Å². The Morgan fingerprint density at radius 1 is 0.667 bits per heavy atom. The maximum absolute atomic E-state index is 13.0. The predicted octanol–water partition coefficient (Wildman–Crippen LogP) is 7.55. The zero-order valence-corrected chi connectivity index (χ0v) is 35.7. The number of nitrogens with one attached hydrogen (secondary N) is 2. The summed E-state index contributed by atoms with van der Waals surface area (Å²) in [5, 5.41) is 15.6. The van der Waals surface area contributed by atoms with E-state index in [4.69, 9.17) is 28.4 Å². The number of hydrogen-bond donors (Lipinski definition) is 3. The van der Waals surface area contributed by atoms with E-state index in [-0.39, 0.29) is 28.8 Å². The van der Waals surface area contributed by atoms with Crippen LogP contribution < -0.4 is 29.6 Å². The highest BCUT2D eigenvalue weighted by Crippen LogP contribution is 2.30. The van der Waals surface area contributed by atoms with E-state index in [9.17, 15) is 29.1 Å². The van der Waals surface area contributed by atoms with Crippen molar-refractivity contribution in [1.82, 2.24) is 10.6 Å². The summed E-state index contributed by atoms with van der Waals surface area (Å²) in [4.78, 5) is 63.4. The Kier molecular flexibility index (Phi) is 19.6. The van der Waals surface area contributed by atoms with Gasteiger partial charge in [-0.1, -0.05) is 24.3 Å². The van der Waals surface area contributed by atoms with Gasteiger partial charge >= 0.3 is 24.1 Å². The van der Waals surface area contributed by atoms with Crippen LogP contribution in [0.1, 0.15) is 65.5 Å². The van der Waals surface area contributed by atoms with Crippen molar-refractivity contribution >= 4 is 65.6 Å². The lowest BCUT2D eigenvalue weighted by Gasteiger charge is -2.23. The van der Waals surface area contributed by atoms with Crippen LogP contribution in [0.5, 0.6) is 23.0 Å². The highest BCUT2D eigenvalue weighted by molar-refractivity contribution is 7.98. The van der Waals surface area contributed by atoms with Crippen LogP contribution in [0.4, 0.5) is 9.59 Å². The molecule has 2 atom stereocenters. The maximum Gasteiger partial charge on any atom is 0.408 e. The number of carbonyl (C=O) groups is 5. The van der Waals surface area contributed by atoms with Crippen molar-refractivity contribution in [2.24, 2.45) is 0 Å². The first-order valence-electron chi connectivity index (χ1n) is 17.8. The van der Waals surface area contributed by atoms with E-state index in [0.29, 0.717) is 35.5 Å². The molecule has 0 aliphatic heterocycles. The lowest BCUT2D eigenvalue weighted by atomic mass is 10.1. The molecule has 2 aromatic rings. The van der Waals surface area contributed by atoms with Gasteiger partial charge < -0.3 is 44.2 Å². The van der Waals surface area contributed by atoms with Gasteiger partial charge in [0.2, 0.25) is 0 Å². The largest absolute Gasteiger partial charge is 0.508 e. The van der Waals surface area contributed by atoms with Gasteiger partial charge in [0.15, 0.2) is 28.8 Å². The molecule has 0 aliphatic carbocycles. The zero-order chi connectivity index (χ0) is 42.8. The number of amides is 2. The van der Waals surface area contributed by atoms with Crippen molar-refractivity contribution in [3.63, 3.8) is 0 Å². The molecule has 0 unspecified atom stereocenters. The van der Waals surface area contributed by atoms with Crippen molar-refractivity contribution in [3.8, 4) is 23.0 Å².